The number of benzene rings is 1. The highest BCUT2D eigenvalue weighted by atomic mass is 32.2. The van der Waals surface area contributed by atoms with Crippen LogP contribution in [0.1, 0.15) is 12.8 Å². The Morgan fingerprint density at radius 1 is 0.903 bits per heavy atom. The summed E-state index contributed by atoms with van der Waals surface area (Å²) >= 11 is 1.30. The second-order valence-electron chi connectivity index (χ2n) is 6.54. The fraction of sp³-hybridized carbons (Fsp3) is 0.600. The number of methoxy groups -OCH3 is 1. The van der Waals surface area contributed by atoms with Gasteiger partial charge in [-0.3, -0.25) is 9.59 Å². The smallest absolute Gasteiger partial charge is 0.306 e. The average molecular weight is 463 g/mol. The number of esters is 2. The van der Waals surface area contributed by atoms with Crippen LogP contribution in [0.15, 0.2) is 24.3 Å². The molecule has 0 aromatic heterocycles. The number of carbonyl (C=O) groups excluding carboxylic acids is 2. The summed E-state index contributed by atoms with van der Waals surface area (Å²) in [5.41, 5.74) is 0. The van der Waals surface area contributed by atoms with Crippen molar-refractivity contribution in [2.24, 2.45) is 0 Å². The van der Waals surface area contributed by atoms with E-state index in [9.17, 15) is 24.9 Å². The number of rotatable bonds is 16. The van der Waals surface area contributed by atoms with E-state index in [1.165, 1.54) is 18.9 Å². The minimum atomic E-state index is -1.06. The maximum absolute atomic E-state index is 11.5. The predicted molar refractivity (Wildman–Crippen MR) is 112 cm³/mol. The Bertz CT molecular complexity index is 657. The van der Waals surface area contributed by atoms with Gasteiger partial charge in [-0.25, -0.2) is 0 Å². The minimum absolute atomic E-state index is 0.0375. The summed E-state index contributed by atoms with van der Waals surface area (Å²) in [4.78, 5) is 22.4. The number of thioether (sulfide) groups is 1. The van der Waals surface area contributed by atoms with Gasteiger partial charge in [0, 0.05) is 17.6 Å². The van der Waals surface area contributed by atoms with Gasteiger partial charge < -0.3 is 39.4 Å². The first-order valence-electron chi connectivity index (χ1n) is 9.65. The van der Waals surface area contributed by atoms with Gasteiger partial charge in [-0.15, -0.1) is 0 Å². The van der Waals surface area contributed by atoms with Crippen molar-refractivity contribution in [3.8, 4) is 11.5 Å². The SMILES string of the molecule is COC(=O)CCC(=O)OCC(O)COc1cccc(OCC(O)CSCC(O)CO)c1. The highest BCUT2D eigenvalue weighted by Gasteiger charge is 2.13. The average Bonchev–Trinajstić information content (AvgIpc) is 2.78. The number of hydrogen-bond donors (Lipinski definition) is 4. The van der Waals surface area contributed by atoms with E-state index >= 15 is 0 Å². The van der Waals surface area contributed by atoms with Gasteiger partial charge in [0.1, 0.15) is 37.4 Å². The Morgan fingerprint density at radius 2 is 1.48 bits per heavy atom. The first-order chi connectivity index (χ1) is 14.8. The molecule has 1 rings (SSSR count). The van der Waals surface area contributed by atoms with E-state index < -0.39 is 30.3 Å². The van der Waals surface area contributed by atoms with Crippen molar-refractivity contribution in [1.82, 2.24) is 0 Å². The molecule has 0 aliphatic heterocycles. The molecular weight excluding hydrogens is 432 g/mol. The third kappa shape index (κ3) is 13.1. The molecule has 4 N–H and O–H groups in total. The van der Waals surface area contributed by atoms with Gasteiger partial charge in [0.15, 0.2) is 0 Å². The molecule has 1 aromatic carbocycles. The molecule has 176 valence electrons. The standard InChI is InChI=1S/C20H30O10S/c1-27-19(25)5-6-20(26)30-10-15(23)9-28-17-3-2-4-18(7-17)29-11-16(24)13-31-12-14(22)8-21/h2-4,7,14-16,21-24H,5-6,8-13H2,1H3. The van der Waals surface area contributed by atoms with Crippen LogP contribution in [-0.2, 0) is 19.1 Å². The molecule has 0 saturated heterocycles. The Labute approximate surface area is 185 Å². The van der Waals surface area contributed by atoms with E-state index in [0.29, 0.717) is 23.0 Å². The number of carbonyl (C=O) groups is 2. The molecule has 10 nitrogen and oxygen atoms in total. The van der Waals surface area contributed by atoms with Gasteiger partial charge in [0.25, 0.3) is 0 Å². The molecule has 3 unspecified atom stereocenters. The second-order valence-corrected chi connectivity index (χ2v) is 7.61. The molecule has 0 aliphatic rings. The Hall–Kier alpha value is -2.05. The van der Waals surface area contributed by atoms with E-state index in [-0.39, 0.29) is 39.3 Å². The summed E-state index contributed by atoms with van der Waals surface area (Å²) < 4.78 is 20.3. The van der Waals surface area contributed by atoms with Crippen molar-refractivity contribution in [1.29, 1.82) is 0 Å². The Kier molecular flexibility index (Phi) is 13.7. The van der Waals surface area contributed by atoms with Gasteiger partial charge in [-0.2, -0.15) is 11.8 Å². The summed E-state index contributed by atoms with van der Waals surface area (Å²) in [5.74, 6) is 0.402. The molecule has 0 amide bonds. The maximum Gasteiger partial charge on any atom is 0.306 e. The van der Waals surface area contributed by atoms with Crippen LogP contribution < -0.4 is 9.47 Å². The van der Waals surface area contributed by atoms with Crippen LogP contribution in [0.2, 0.25) is 0 Å². The summed E-state index contributed by atoms with van der Waals surface area (Å²) in [6.45, 7) is -0.681. The summed E-state index contributed by atoms with van der Waals surface area (Å²) in [6, 6.07) is 6.61. The van der Waals surface area contributed by atoms with Gasteiger partial charge >= 0.3 is 11.9 Å². The topological polar surface area (TPSA) is 152 Å². The Balaban J connectivity index is 2.28. The monoisotopic (exact) mass is 462 g/mol. The van der Waals surface area contributed by atoms with E-state index in [4.69, 9.17) is 19.3 Å². The van der Waals surface area contributed by atoms with Crippen LogP contribution in [0.4, 0.5) is 0 Å². The molecule has 0 aliphatic carbocycles. The third-order valence-corrected chi connectivity index (χ3v) is 4.96. The van der Waals surface area contributed by atoms with Crippen molar-refractivity contribution >= 4 is 23.7 Å². The predicted octanol–water partition coefficient (Wildman–Crippen LogP) is -0.251. The first kappa shape index (κ1) is 27.0. The molecule has 11 heteroatoms. The second kappa shape index (κ2) is 15.7. The van der Waals surface area contributed by atoms with Crippen LogP contribution in [-0.4, -0.2) is 95.7 Å². The number of ether oxygens (including phenoxy) is 4. The van der Waals surface area contributed by atoms with Crippen LogP contribution in [0, 0.1) is 0 Å². The molecule has 0 fully saturated rings. The van der Waals surface area contributed by atoms with Crippen molar-refractivity contribution in [2.45, 2.75) is 31.2 Å². The van der Waals surface area contributed by atoms with Gasteiger partial charge in [0.05, 0.1) is 38.8 Å². The lowest BCUT2D eigenvalue weighted by molar-refractivity contribution is -0.151. The number of hydrogen-bond acceptors (Lipinski definition) is 11. The molecule has 0 bridgehead atoms. The first-order valence-corrected chi connectivity index (χ1v) is 10.8. The van der Waals surface area contributed by atoms with E-state index in [1.807, 2.05) is 0 Å². The number of aliphatic hydroxyl groups is 4. The van der Waals surface area contributed by atoms with Crippen LogP contribution in [0.5, 0.6) is 11.5 Å². The lowest BCUT2D eigenvalue weighted by Crippen LogP contribution is -2.25. The molecule has 0 saturated carbocycles. The lowest BCUT2D eigenvalue weighted by Gasteiger charge is -2.15. The van der Waals surface area contributed by atoms with Crippen molar-refractivity contribution in [3.05, 3.63) is 24.3 Å². The fourth-order valence-electron chi connectivity index (χ4n) is 2.10. The van der Waals surface area contributed by atoms with Crippen LogP contribution >= 0.6 is 11.8 Å². The highest BCUT2D eigenvalue weighted by molar-refractivity contribution is 7.99. The highest BCUT2D eigenvalue weighted by Crippen LogP contribution is 2.20. The zero-order valence-electron chi connectivity index (χ0n) is 17.3. The normalized spacial score (nSPS) is 13.7. The van der Waals surface area contributed by atoms with Crippen LogP contribution in [0.3, 0.4) is 0 Å². The van der Waals surface area contributed by atoms with Gasteiger partial charge in [-0.05, 0) is 12.1 Å². The zero-order chi connectivity index (χ0) is 23.1. The molecule has 0 radical (unpaired) electrons. The van der Waals surface area contributed by atoms with Crippen molar-refractivity contribution < 1.29 is 49.0 Å². The summed E-state index contributed by atoms with van der Waals surface area (Å²) in [7, 11) is 1.23. The van der Waals surface area contributed by atoms with Crippen LogP contribution in [0.25, 0.3) is 0 Å². The third-order valence-electron chi connectivity index (χ3n) is 3.72. The van der Waals surface area contributed by atoms with E-state index in [2.05, 4.69) is 4.74 Å². The molecule has 0 heterocycles. The van der Waals surface area contributed by atoms with Gasteiger partial charge in [0.2, 0.25) is 0 Å². The van der Waals surface area contributed by atoms with Crippen molar-refractivity contribution in [2.75, 3.05) is 45.0 Å². The molecule has 1 aromatic rings. The quantitative estimate of drug-likeness (QED) is 0.241. The maximum atomic E-state index is 11.5. The minimum Gasteiger partial charge on any atom is -0.491 e. The zero-order valence-corrected chi connectivity index (χ0v) is 18.2. The fourth-order valence-corrected chi connectivity index (χ4v) is 2.98. The van der Waals surface area contributed by atoms with E-state index in [1.54, 1.807) is 24.3 Å². The molecule has 0 spiro atoms. The molecular formula is C20H30O10S. The van der Waals surface area contributed by atoms with Gasteiger partial charge in [-0.1, -0.05) is 6.07 Å². The summed E-state index contributed by atoms with van der Waals surface area (Å²) in [6.07, 6.45) is -2.85. The molecule has 31 heavy (non-hydrogen) atoms. The molecule has 3 atom stereocenters. The lowest BCUT2D eigenvalue weighted by atomic mass is 10.3. The largest absolute Gasteiger partial charge is 0.491 e. The van der Waals surface area contributed by atoms with E-state index in [0.717, 1.165) is 0 Å². The summed E-state index contributed by atoms with van der Waals surface area (Å²) in [5, 5.41) is 37.8. The van der Waals surface area contributed by atoms with Crippen molar-refractivity contribution in [3.63, 3.8) is 0 Å². The Morgan fingerprint density at radius 3 is 2.10 bits per heavy atom. The number of aliphatic hydroxyl groups excluding tert-OH is 4.